The molecule has 0 amide bonds. The van der Waals surface area contributed by atoms with Gasteiger partial charge in [0.2, 0.25) is 0 Å². The van der Waals surface area contributed by atoms with Gasteiger partial charge in [0.1, 0.15) is 11.5 Å². The van der Waals surface area contributed by atoms with E-state index in [0.29, 0.717) is 35.3 Å². The lowest BCUT2D eigenvalue weighted by Gasteiger charge is -2.08. The molecule has 1 aromatic carbocycles. The van der Waals surface area contributed by atoms with Crippen LogP contribution in [0, 0.1) is 5.82 Å². The summed E-state index contributed by atoms with van der Waals surface area (Å²) in [5.74, 6) is -0.474. The van der Waals surface area contributed by atoms with Crippen molar-refractivity contribution < 1.29 is 13.9 Å². The molecule has 2 heterocycles. The van der Waals surface area contributed by atoms with Crippen LogP contribution in [0.5, 0.6) is 0 Å². The highest BCUT2D eigenvalue weighted by Crippen LogP contribution is 2.43. The summed E-state index contributed by atoms with van der Waals surface area (Å²) in [5, 5.41) is 5.35. The number of pyridine rings is 1. The summed E-state index contributed by atoms with van der Waals surface area (Å²) in [5.41, 5.74) is 2.87. The first-order valence-electron chi connectivity index (χ1n) is 8.98. The quantitative estimate of drug-likeness (QED) is 0.646. The number of ether oxygens (including phenoxy) is 1. The summed E-state index contributed by atoms with van der Waals surface area (Å²) in [6, 6.07) is 8.25. The highest BCUT2D eigenvalue weighted by molar-refractivity contribution is 6.04. The average Bonchev–Trinajstić information content (AvgIpc) is 3.42. The number of fused-ring (bicyclic) bond motifs is 1. The van der Waals surface area contributed by atoms with Crippen molar-refractivity contribution in [3.8, 4) is 5.69 Å². The number of rotatable bonds is 5. The van der Waals surface area contributed by atoms with Crippen molar-refractivity contribution in [1.82, 2.24) is 14.8 Å². The number of hydrogen-bond donors (Lipinski definition) is 0. The molecule has 0 radical (unpaired) electrons. The van der Waals surface area contributed by atoms with E-state index in [9.17, 15) is 9.18 Å². The van der Waals surface area contributed by atoms with Crippen LogP contribution >= 0.6 is 0 Å². The van der Waals surface area contributed by atoms with Gasteiger partial charge in [-0.3, -0.25) is 0 Å². The number of halogens is 1. The molecule has 1 fully saturated rings. The maximum atomic E-state index is 14.4. The maximum absolute atomic E-state index is 14.4. The fourth-order valence-corrected chi connectivity index (χ4v) is 3.18. The Morgan fingerprint density at radius 1 is 1.31 bits per heavy atom. The number of para-hydroxylation sites is 1. The van der Waals surface area contributed by atoms with Gasteiger partial charge in [-0.25, -0.2) is 18.9 Å². The van der Waals surface area contributed by atoms with Crippen molar-refractivity contribution in [3.63, 3.8) is 0 Å². The third-order valence-corrected chi connectivity index (χ3v) is 4.62. The van der Waals surface area contributed by atoms with E-state index in [1.54, 1.807) is 31.2 Å². The molecule has 26 heavy (non-hydrogen) atoms. The molecule has 0 bridgehead atoms. The van der Waals surface area contributed by atoms with E-state index in [1.807, 2.05) is 6.92 Å². The molecular formula is C20H20FN3O2. The Balaban J connectivity index is 2.04. The molecule has 5 nitrogen and oxygen atoms in total. The second-order valence-corrected chi connectivity index (χ2v) is 6.46. The second kappa shape index (κ2) is 6.52. The largest absolute Gasteiger partial charge is 0.462 e. The molecular weight excluding hydrogens is 333 g/mol. The molecule has 134 valence electrons. The summed E-state index contributed by atoms with van der Waals surface area (Å²) in [7, 11) is 0. The Kier molecular flexibility index (Phi) is 4.18. The third-order valence-electron chi connectivity index (χ3n) is 4.62. The average molecular weight is 353 g/mol. The number of esters is 1. The second-order valence-electron chi connectivity index (χ2n) is 6.46. The Morgan fingerprint density at radius 3 is 2.73 bits per heavy atom. The molecule has 6 heteroatoms. The summed E-state index contributed by atoms with van der Waals surface area (Å²) < 4.78 is 21.2. The van der Waals surface area contributed by atoms with Crippen LogP contribution in [0.25, 0.3) is 16.7 Å². The predicted octanol–water partition coefficient (Wildman–Crippen LogP) is 4.18. The fourth-order valence-electron chi connectivity index (χ4n) is 3.18. The highest BCUT2D eigenvalue weighted by atomic mass is 19.1. The van der Waals surface area contributed by atoms with Gasteiger partial charge in [0, 0.05) is 11.6 Å². The summed E-state index contributed by atoms with van der Waals surface area (Å²) in [6.45, 7) is 4.04. The number of nitrogens with zero attached hydrogens (tertiary/aromatic N) is 3. The number of aromatic nitrogens is 3. The van der Waals surface area contributed by atoms with Crippen LogP contribution in [0.4, 0.5) is 4.39 Å². The predicted molar refractivity (Wildman–Crippen MR) is 96.1 cm³/mol. The molecule has 0 unspecified atom stereocenters. The molecule has 0 spiro atoms. The zero-order valence-corrected chi connectivity index (χ0v) is 14.8. The van der Waals surface area contributed by atoms with Gasteiger partial charge in [-0.1, -0.05) is 19.1 Å². The molecule has 4 rings (SSSR count). The third kappa shape index (κ3) is 2.75. The lowest BCUT2D eigenvalue weighted by atomic mass is 10.1. The lowest BCUT2D eigenvalue weighted by molar-refractivity contribution is 0.0528. The standard InChI is InChI=1S/C20H20FN3O2/c1-3-13-11-14(20(25)26-4-2)17-18(12-9-10-12)23-24(19(17)22-13)16-8-6-5-7-15(16)21/h5-8,11-12H,3-4,9-10H2,1-2H3. The van der Waals surface area contributed by atoms with E-state index >= 15 is 0 Å². The molecule has 2 aromatic heterocycles. The first-order valence-corrected chi connectivity index (χ1v) is 8.98. The maximum Gasteiger partial charge on any atom is 0.339 e. The minimum absolute atomic E-state index is 0.285. The van der Waals surface area contributed by atoms with E-state index < -0.39 is 0 Å². The minimum atomic E-state index is -0.385. The van der Waals surface area contributed by atoms with Gasteiger partial charge in [-0.15, -0.1) is 0 Å². The van der Waals surface area contributed by atoms with Gasteiger partial charge in [-0.2, -0.15) is 5.10 Å². The van der Waals surface area contributed by atoms with Crippen LogP contribution < -0.4 is 0 Å². The Morgan fingerprint density at radius 2 is 2.08 bits per heavy atom. The van der Waals surface area contributed by atoms with Gasteiger partial charge < -0.3 is 4.74 Å². The number of aryl methyl sites for hydroxylation is 1. The molecule has 0 N–H and O–H groups in total. The van der Waals surface area contributed by atoms with Gasteiger partial charge >= 0.3 is 5.97 Å². The Bertz CT molecular complexity index is 992. The highest BCUT2D eigenvalue weighted by Gasteiger charge is 2.33. The summed E-state index contributed by atoms with van der Waals surface area (Å²) >= 11 is 0. The Labute approximate surface area is 150 Å². The SMILES string of the molecule is CCOC(=O)c1cc(CC)nc2c1c(C1CC1)nn2-c1ccccc1F. The van der Waals surface area contributed by atoms with Crippen molar-refractivity contribution in [2.24, 2.45) is 0 Å². The van der Waals surface area contributed by atoms with E-state index in [1.165, 1.54) is 10.7 Å². The molecule has 0 aliphatic heterocycles. The van der Waals surface area contributed by atoms with E-state index in [2.05, 4.69) is 10.1 Å². The van der Waals surface area contributed by atoms with Gasteiger partial charge in [0.25, 0.3) is 0 Å². The van der Waals surface area contributed by atoms with E-state index in [0.717, 1.165) is 24.2 Å². The zero-order valence-electron chi connectivity index (χ0n) is 14.8. The molecule has 0 atom stereocenters. The number of benzene rings is 1. The van der Waals surface area contributed by atoms with Crippen molar-refractivity contribution >= 4 is 17.0 Å². The normalized spacial score (nSPS) is 14.0. The van der Waals surface area contributed by atoms with Crippen molar-refractivity contribution in [3.05, 3.63) is 53.1 Å². The van der Waals surface area contributed by atoms with Crippen molar-refractivity contribution in [1.29, 1.82) is 0 Å². The van der Waals surface area contributed by atoms with Gasteiger partial charge in [0.15, 0.2) is 5.65 Å². The van der Waals surface area contributed by atoms with Gasteiger partial charge in [0.05, 0.1) is 23.3 Å². The van der Waals surface area contributed by atoms with Crippen LogP contribution in [-0.2, 0) is 11.2 Å². The first-order chi connectivity index (χ1) is 12.6. The van der Waals surface area contributed by atoms with Crippen molar-refractivity contribution in [2.75, 3.05) is 6.61 Å². The smallest absolute Gasteiger partial charge is 0.339 e. The van der Waals surface area contributed by atoms with Crippen LogP contribution in [0.1, 0.15) is 54.4 Å². The van der Waals surface area contributed by atoms with E-state index in [-0.39, 0.29) is 17.7 Å². The molecule has 1 aliphatic carbocycles. The molecule has 1 aliphatic rings. The van der Waals surface area contributed by atoms with Crippen molar-refractivity contribution in [2.45, 2.75) is 39.0 Å². The van der Waals surface area contributed by atoms with Crippen LogP contribution in [0.3, 0.4) is 0 Å². The monoisotopic (exact) mass is 353 g/mol. The summed E-state index contributed by atoms with van der Waals surface area (Å²) in [6.07, 6.45) is 2.69. The topological polar surface area (TPSA) is 57.0 Å². The molecule has 1 saturated carbocycles. The van der Waals surface area contributed by atoms with Crippen LogP contribution in [-0.4, -0.2) is 27.3 Å². The fraction of sp³-hybridized carbons (Fsp3) is 0.350. The van der Waals surface area contributed by atoms with E-state index in [4.69, 9.17) is 4.74 Å². The van der Waals surface area contributed by atoms with Gasteiger partial charge in [-0.05, 0) is 44.4 Å². The van der Waals surface area contributed by atoms with Crippen LogP contribution in [0.2, 0.25) is 0 Å². The number of carbonyl (C=O) groups excluding carboxylic acids is 1. The molecule has 0 saturated heterocycles. The molecule has 3 aromatic rings. The Hall–Kier alpha value is -2.76. The first kappa shape index (κ1) is 16.7. The minimum Gasteiger partial charge on any atom is -0.462 e. The number of carbonyl (C=O) groups is 1. The zero-order chi connectivity index (χ0) is 18.3. The van der Waals surface area contributed by atoms with Crippen LogP contribution in [0.15, 0.2) is 30.3 Å². The summed E-state index contributed by atoms with van der Waals surface area (Å²) in [4.78, 5) is 17.2. The lowest BCUT2D eigenvalue weighted by Crippen LogP contribution is -2.08. The number of hydrogen-bond acceptors (Lipinski definition) is 4.